The van der Waals surface area contributed by atoms with Crippen molar-refractivity contribution in [1.29, 1.82) is 0 Å². The monoisotopic (exact) mass is 365 g/mol. The molecular formula is C21H23N3O3. The van der Waals surface area contributed by atoms with Crippen LogP contribution in [-0.2, 0) is 0 Å². The van der Waals surface area contributed by atoms with Gasteiger partial charge >= 0.3 is 0 Å². The molecule has 1 N–H and O–H groups in total. The second-order valence-electron chi connectivity index (χ2n) is 6.24. The minimum Gasteiger partial charge on any atom is -0.493 e. The van der Waals surface area contributed by atoms with Crippen molar-refractivity contribution in [3.63, 3.8) is 0 Å². The Labute approximate surface area is 158 Å². The maximum absolute atomic E-state index is 12.6. The molecule has 27 heavy (non-hydrogen) atoms. The van der Waals surface area contributed by atoms with Crippen LogP contribution in [0.5, 0.6) is 11.5 Å². The van der Waals surface area contributed by atoms with Crippen LogP contribution in [0.2, 0.25) is 0 Å². The molecule has 1 amide bonds. The first kappa shape index (κ1) is 18.5. The summed E-state index contributed by atoms with van der Waals surface area (Å²) in [5, 5.41) is 7.37. The molecule has 0 saturated heterocycles. The van der Waals surface area contributed by atoms with Gasteiger partial charge in [-0.2, -0.15) is 5.10 Å². The average Bonchev–Trinajstić information content (AvgIpc) is 3.18. The summed E-state index contributed by atoms with van der Waals surface area (Å²) in [5.41, 5.74) is 3.24. The van der Waals surface area contributed by atoms with Crippen molar-refractivity contribution in [2.45, 2.75) is 19.9 Å². The minimum absolute atomic E-state index is 0.209. The standard InChI is InChI=1S/C21H23N3O3/c1-14-12-19(26-3)20(27-4)13-17(14)15(2)22-21(25)18-10-11-24(23-18)16-8-6-5-7-9-16/h5-13,15H,1-4H3,(H,22,25). The Morgan fingerprint density at radius 2 is 1.74 bits per heavy atom. The van der Waals surface area contributed by atoms with Crippen LogP contribution in [-0.4, -0.2) is 29.9 Å². The zero-order chi connectivity index (χ0) is 19.4. The lowest BCUT2D eigenvalue weighted by atomic mass is 10.0. The molecule has 0 spiro atoms. The SMILES string of the molecule is COc1cc(C)c(C(C)NC(=O)c2ccn(-c3ccccc3)n2)cc1OC. The van der Waals surface area contributed by atoms with E-state index in [4.69, 9.17) is 9.47 Å². The Morgan fingerprint density at radius 1 is 1.07 bits per heavy atom. The topological polar surface area (TPSA) is 65.4 Å². The van der Waals surface area contributed by atoms with Crippen molar-refractivity contribution in [3.05, 3.63) is 71.5 Å². The normalized spacial score (nSPS) is 11.7. The number of carbonyl (C=O) groups is 1. The van der Waals surface area contributed by atoms with Crippen molar-refractivity contribution >= 4 is 5.91 Å². The lowest BCUT2D eigenvalue weighted by Crippen LogP contribution is -2.27. The van der Waals surface area contributed by atoms with Crippen LogP contribution in [0.1, 0.15) is 34.6 Å². The van der Waals surface area contributed by atoms with E-state index in [1.54, 1.807) is 31.2 Å². The van der Waals surface area contributed by atoms with Crippen LogP contribution < -0.4 is 14.8 Å². The number of aromatic nitrogens is 2. The Kier molecular flexibility index (Phi) is 5.45. The van der Waals surface area contributed by atoms with E-state index in [2.05, 4.69) is 10.4 Å². The van der Waals surface area contributed by atoms with Crippen molar-refractivity contribution in [2.24, 2.45) is 0 Å². The summed E-state index contributed by atoms with van der Waals surface area (Å²) < 4.78 is 12.4. The Hall–Kier alpha value is -3.28. The van der Waals surface area contributed by atoms with Crippen molar-refractivity contribution in [3.8, 4) is 17.2 Å². The number of methoxy groups -OCH3 is 2. The first-order chi connectivity index (χ1) is 13.0. The summed E-state index contributed by atoms with van der Waals surface area (Å²) in [6, 6.07) is 15.0. The molecular weight excluding hydrogens is 342 g/mol. The number of ether oxygens (including phenoxy) is 2. The van der Waals surface area contributed by atoms with E-state index in [9.17, 15) is 4.79 Å². The lowest BCUT2D eigenvalue weighted by molar-refractivity contribution is 0.0934. The molecule has 1 heterocycles. The minimum atomic E-state index is -0.230. The average molecular weight is 365 g/mol. The third-order valence-electron chi connectivity index (χ3n) is 4.43. The molecule has 6 heteroatoms. The Morgan fingerprint density at radius 3 is 2.41 bits per heavy atom. The molecule has 2 aromatic carbocycles. The molecule has 3 rings (SSSR count). The summed E-state index contributed by atoms with van der Waals surface area (Å²) in [6.07, 6.45) is 1.77. The number of hydrogen-bond donors (Lipinski definition) is 1. The zero-order valence-corrected chi connectivity index (χ0v) is 15.9. The second-order valence-corrected chi connectivity index (χ2v) is 6.24. The van der Waals surface area contributed by atoms with Crippen LogP contribution in [0.25, 0.3) is 5.69 Å². The lowest BCUT2D eigenvalue weighted by Gasteiger charge is -2.18. The van der Waals surface area contributed by atoms with Crippen molar-refractivity contribution in [2.75, 3.05) is 14.2 Å². The number of carbonyl (C=O) groups excluding carboxylic acids is 1. The van der Waals surface area contributed by atoms with E-state index in [1.807, 2.05) is 56.3 Å². The van der Waals surface area contributed by atoms with Gasteiger partial charge in [0.2, 0.25) is 0 Å². The van der Waals surface area contributed by atoms with E-state index in [0.29, 0.717) is 17.2 Å². The van der Waals surface area contributed by atoms with Crippen molar-refractivity contribution in [1.82, 2.24) is 15.1 Å². The number of rotatable bonds is 6. The van der Waals surface area contributed by atoms with Gasteiger partial charge in [0.25, 0.3) is 5.91 Å². The molecule has 6 nitrogen and oxygen atoms in total. The predicted molar refractivity (Wildman–Crippen MR) is 104 cm³/mol. The van der Waals surface area contributed by atoms with Gasteiger partial charge in [0.1, 0.15) is 0 Å². The molecule has 0 aliphatic heterocycles. The molecule has 0 aliphatic carbocycles. The van der Waals surface area contributed by atoms with Gasteiger partial charge < -0.3 is 14.8 Å². The third-order valence-corrected chi connectivity index (χ3v) is 4.43. The van der Waals surface area contributed by atoms with Gasteiger partial charge in [0.05, 0.1) is 25.9 Å². The number of amides is 1. The summed E-state index contributed by atoms with van der Waals surface area (Å²) in [6.45, 7) is 3.91. The zero-order valence-electron chi connectivity index (χ0n) is 15.9. The number of nitrogens with zero attached hydrogens (tertiary/aromatic N) is 2. The fraction of sp³-hybridized carbons (Fsp3) is 0.238. The molecule has 1 atom stereocenters. The van der Waals surface area contributed by atoms with Gasteiger partial charge in [-0.15, -0.1) is 0 Å². The number of aryl methyl sites for hydroxylation is 1. The highest BCUT2D eigenvalue weighted by Crippen LogP contribution is 2.32. The highest BCUT2D eigenvalue weighted by Gasteiger charge is 2.18. The van der Waals surface area contributed by atoms with Gasteiger partial charge in [-0.3, -0.25) is 4.79 Å². The van der Waals surface area contributed by atoms with Gasteiger partial charge in [-0.05, 0) is 55.3 Å². The van der Waals surface area contributed by atoms with Crippen LogP contribution in [0.4, 0.5) is 0 Å². The summed E-state index contributed by atoms with van der Waals surface area (Å²) in [7, 11) is 3.20. The van der Waals surface area contributed by atoms with E-state index in [-0.39, 0.29) is 11.9 Å². The molecule has 0 aliphatic rings. The van der Waals surface area contributed by atoms with Crippen LogP contribution in [0.15, 0.2) is 54.7 Å². The van der Waals surface area contributed by atoms with E-state index in [1.165, 1.54) is 0 Å². The van der Waals surface area contributed by atoms with Gasteiger partial charge in [0.15, 0.2) is 17.2 Å². The Bertz CT molecular complexity index is 935. The van der Waals surface area contributed by atoms with E-state index < -0.39 is 0 Å². The fourth-order valence-corrected chi connectivity index (χ4v) is 2.98. The summed E-state index contributed by atoms with van der Waals surface area (Å²) in [5.74, 6) is 1.07. The first-order valence-electron chi connectivity index (χ1n) is 8.68. The number of nitrogens with one attached hydrogen (secondary N) is 1. The Balaban J connectivity index is 1.77. The molecule has 0 bridgehead atoms. The quantitative estimate of drug-likeness (QED) is 0.724. The largest absolute Gasteiger partial charge is 0.493 e. The predicted octanol–water partition coefficient (Wildman–Crippen LogP) is 3.69. The van der Waals surface area contributed by atoms with Gasteiger partial charge in [-0.1, -0.05) is 18.2 Å². The molecule has 140 valence electrons. The number of hydrogen-bond acceptors (Lipinski definition) is 4. The molecule has 0 fully saturated rings. The molecule has 1 aromatic heterocycles. The smallest absolute Gasteiger partial charge is 0.272 e. The van der Waals surface area contributed by atoms with E-state index >= 15 is 0 Å². The highest BCUT2D eigenvalue weighted by molar-refractivity contribution is 5.92. The molecule has 0 radical (unpaired) electrons. The van der Waals surface area contributed by atoms with Gasteiger partial charge in [-0.25, -0.2) is 4.68 Å². The van der Waals surface area contributed by atoms with Crippen LogP contribution in [0.3, 0.4) is 0 Å². The molecule has 0 saturated carbocycles. The van der Waals surface area contributed by atoms with Crippen molar-refractivity contribution < 1.29 is 14.3 Å². The van der Waals surface area contributed by atoms with Crippen LogP contribution >= 0.6 is 0 Å². The fourth-order valence-electron chi connectivity index (χ4n) is 2.98. The summed E-state index contributed by atoms with van der Waals surface area (Å²) >= 11 is 0. The maximum atomic E-state index is 12.6. The maximum Gasteiger partial charge on any atom is 0.272 e. The van der Waals surface area contributed by atoms with E-state index in [0.717, 1.165) is 16.8 Å². The molecule has 3 aromatic rings. The van der Waals surface area contributed by atoms with Crippen LogP contribution in [0, 0.1) is 6.92 Å². The molecule has 1 unspecified atom stereocenters. The first-order valence-corrected chi connectivity index (χ1v) is 8.68. The van der Waals surface area contributed by atoms with Gasteiger partial charge in [0, 0.05) is 6.20 Å². The number of para-hydroxylation sites is 1. The second kappa shape index (κ2) is 7.95. The number of benzene rings is 2. The summed E-state index contributed by atoms with van der Waals surface area (Å²) in [4.78, 5) is 12.6. The third kappa shape index (κ3) is 3.95. The highest BCUT2D eigenvalue weighted by atomic mass is 16.5.